The quantitative estimate of drug-likeness (QED) is 0.438. The molecule has 6 nitrogen and oxygen atoms in total. The highest BCUT2D eigenvalue weighted by Gasteiger charge is 2.32. The Morgan fingerprint density at radius 2 is 1.79 bits per heavy atom. The maximum atomic E-state index is 12.6. The van der Waals surface area contributed by atoms with Crippen LogP contribution in [0.5, 0.6) is 11.6 Å². The molecule has 178 valence electrons. The van der Waals surface area contributed by atoms with Gasteiger partial charge in [-0.15, -0.1) is 0 Å². The number of carbonyl (C=O) groups excluding carboxylic acids is 1. The van der Waals surface area contributed by atoms with Crippen molar-refractivity contribution in [3.63, 3.8) is 0 Å². The van der Waals surface area contributed by atoms with Crippen molar-refractivity contribution in [3.8, 4) is 11.6 Å². The number of carbonyl (C=O) groups is 1. The lowest BCUT2D eigenvalue weighted by molar-refractivity contribution is 0.0496. The van der Waals surface area contributed by atoms with Crippen LogP contribution in [0, 0.1) is 11.8 Å². The highest BCUT2D eigenvalue weighted by molar-refractivity contribution is 7.80. The Morgan fingerprint density at radius 3 is 2.39 bits per heavy atom. The van der Waals surface area contributed by atoms with Crippen LogP contribution in [-0.2, 0) is 4.74 Å². The molecule has 0 bridgehead atoms. The number of ether oxygens (including phenoxy) is 2. The maximum absolute atomic E-state index is 12.6. The zero-order valence-corrected chi connectivity index (χ0v) is 20.8. The van der Waals surface area contributed by atoms with Crippen LogP contribution >= 0.6 is 12.2 Å². The number of hydrogen-bond acceptors (Lipinski definition) is 5. The van der Waals surface area contributed by atoms with Crippen LogP contribution in [0.4, 0.5) is 10.5 Å². The van der Waals surface area contributed by atoms with Gasteiger partial charge in [0.2, 0.25) is 5.88 Å². The van der Waals surface area contributed by atoms with Crippen molar-refractivity contribution in [1.82, 2.24) is 10.3 Å². The summed E-state index contributed by atoms with van der Waals surface area (Å²) >= 11 is 5.76. The smallest absolute Gasteiger partial charge is 0.408 e. The second kappa shape index (κ2) is 11.5. The number of rotatable bonds is 7. The summed E-state index contributed by atoms with van der Waals surface area (Å²) in [5, 5.41) is 6.29. The van der Waals surface area contributed by atoms with E-state index in [4.69, 9.17) is 21.7 Å². The summed E-state index contributed by atoms with van der Waals surface area (Å²) in [7, 11) is 0. The van der Waals surface area contributed by atoms with Crippen LogP contribution < -0.4 is 15.4 Å². The third kappa shape index (κ3) is 8.00. The molecule has 0 spiro atoms. The van der Waals surface area contributed by atoms with Gasteiger partial charge in [0.25, 0.3) is 0 Å². The molecule has 2 N–H and O–H groups in total. The molecule has 1 heterocycles. The maximum Gasteiger partial charge on any atom is 0.408 e. The minimum Gasteiger partial charge on any atom is -0.444 e. The molecule has 1 saturated carbocycles. The Balaban J connectivity index is 1.68. The van der Waals surface area contributed by atoms with Crippen molar-refractivity contribution < 1.29 is 14.3 Å². The van der Waals surface area contributed by atoms with Gasteiger partial charge in [0, 0.05) is 6.07 Å². The molecule has 0 radical (unpaired) electrons. The van der Waals surface area contributed by atoms with Gasteiger partial charge in [-0.25, -0.2) is 9.78 Å². The second-order valence-electron chi connectivity index (χ2n) is 9.67. The fourth-order valence-electron chi connectivity index (χ4n) is 4.15. The van der Waals surface area contributed by atoms with Crippen LogP contribution in [0.3, 0.4) is 0 Å². The zero-order chi connectivity index (χ0) is 23.8. The molecule has 1 amide bonds. The number of nitrogens with zero attached hydrogens (tertiary/aromatic N) is 1. The van der Waals surface area contributed by atoms with E-state index in [2.05, 4.69) is 22.5 Å². The van der Waals surface area contributed by atoms with E-state index in [1.807, 2.05) is 57.2 Å². The van der Waals surface area contributed by atoms with Crippen molar-refractivity contribution in [1.29, 1.82) is 0 Å². The fourth-order valence-corrected chi connectivity index (χ4v) is 4.54. The molecular formula is C26H35N3O3S. The molecule has 0 saturated heterocycles. The number of hydrogen-bond donors (Lipinski definition) is 2. The molecular weight excluding hydrogens is 434 g/mol. The monoisotopic (exact) mass is 469 g/mol. The van der Waals surface area contributed by atoms with Gasteiger partial charge in [-0.3, -0.25) is 0 Å². The first-order chi connectivity index (χ1) is 15.7. The molecule has 2 atom stereocenters. The van der Waals surface area contributed by atoms with Crippen molar-refractivity contribution in [2.45, 2.75) is 71.4 Å². The van der Waals surface area contributed by atoms with Gasteiger partial charge < -0.3 is 20.1 Å². The summed E-state index contributed by atoms with van der Waals surface area (Å²) in [4.78, 5) is 17.5. The van der Waals surface area contributed by atoms with E-state index in [0.717, 1.165) is 24.3 Å². The van der Waals surface area contributed by atoms with Gasteiger partial charge in [-0.2, -0.15) is 0 Å². The molecule has 7 heteroatoms. The summed E-state index contributed by atoms with van der Waals surface area (Å²) in [6, 6.07) is 12.8. The number of anilines is 1. The Labute approximate surface area is 202 Å². The topological polar surface area (TPSA) is 72.5 Å². The van der Waals surface area contributed by atoms with Crippen LogP contribution in [0.15, 0.2) is 48.7 Å². The van der Waals surface area contributed by atoms with Gasteiger partial charge >= 0.3 is 6.09 Å². The van der Waals surface area contributed by atoms with Gasteiger partial charge in [-0.05, 0) is 50.8 Å². The third-order valence-electron chi connectivity index (χ3n) is 5.84. The number of thiocarbonyl (C=S) groups is 1. The van der Waals surface area contributed by atoms with Gasteiger partial charge in [0.05, 0.1) is 17.9 Å². The van der Waals surface area contributed by atoms with Crippen LogP contribution in [-0.4, -0.2) is 27.7 Å². The first-order valence-electron chi connectivity index (χ1n) is 11.7. The second-order valence-corrected chi connectivity index (χ2v) is 10.1. The lowest BCUT2D eigenvalue weighted by atomic mass is 9.77. The number of alkyl carbamates (subject to hydrolysis) is 1. The molecule has 1 unspecified atom stereocenters. The van der Waals surface area contributed by atoms with Gasteiger partial charge in [0.15, 0.2) is 0 Å². The summed E-state index contributed by atoms with van der Waals surface area (Å²) in [6.07, 6.45) is 7.26. The van der Waals surface area contributed by atoms with E-state index in [1.165, 1.54) is 19.3 Å². The zero-order valence-electron chi connectivity index (χ0n) is 20.0. The Kier molecular flexibility index (Phi) is 8.67. The first-order valence-corrected chi connectivity index (χ1v) is 12.1. The molecule has 3 rings (SSSR count). The van der Waals surface area contributed by atoms with E-state index < -0.39 is 11.7 Å². The summed E-state index contributed by atoms with van der Waals surface area (Å²) in [5.74, 6) is 1.92. The van der Waals surface area contributed by atoms with Crippen LogP contribution in [0.25, 0.3) is 0 Å². The van der Waals surface area contributed by atoms with Gasteiger partial charge in [0.1, 0.15) is 16.3 Å². The number of amides is 1. The minimum atomic E-state index is -0.573. The van der Waals surface area contributed by atoms with Crippen molar-refractivity contribution in [2.75, 3.05) is 5.32 Å². The third-order valence-corrected chi connectivity index (χ3v) is 6.20. The van der Waals surface area contributed by atoms with Crippen LogP contribution in [0.1, 0.15) is 59.8 Å². The molecule has 0 aliphatic heterocycles. The largest absolute Gasteiger partial charge is 0.444 e. The predicted molar refractivity (Wildman–Crippen MR) is 136 cm³/mol. The Hall–Kier alpha value is -2.67. The summed E-state index contributed by atoms with van der Waals surface area (Å²) in [5.41, 5.74) is 0.170. The van der Waals surface area contributed by atoms with E-state index in [0.29, 0.717) is 16.8 Å². The van der Waals surface area contributed by atoms with E-state index in [-0.39, 0.29) is 12.0 Å². The normalized spacial score (nSPS) is 16.4. The molecule has 1 aliphatic carbocycles. The molecule has 33 heavy (non-hydrogen) atoms. The van der Waals surface area contributed by atoms with E-state index in [1.54, 1.807) is 12.3 Å². The summed E-state index contributed by atoms with van der Waals surface area (Å²) < 4.78 is 11.3. The number of benzene rings is 1. The fraction of sp³-hybridized carbons (Fsp3) is 0.500. The van der Waals surface area contributed by atoms with Crippen molar-refractivity contribution >= 4 is 29.0 Å². The molecule has 1 aromatic carbocycles. The number of pyridine rings is 1. The number of para-hydroxylation sites is 1. The number of aromatic nitrogens is 1. The molecule has 1 aliphatic rings. The van der Waals surface area contributed by atoms with Crippen molar-refractivity contribution in [2.24, 2.45) is 11.8 Å². The molecule has 1 aromatic heterocycles. The summed E-state index contributed by atoms with van der Waals surface area (Å²) in [6.45, 7) is 7.73. The van der Waals surface area contributed by atoms with E-state index in [9.17, 15) is 4.79 Å². The average molecular weight is 470 g/mol. The highest BCUT2D eigenvalue weighted by atomic mass is 32.1. The lowest BCUT2D eigenvalue weighted by Crippen LogP contribution is -2.50. The predicted octanol–water partition coefficient (Wildman–Crippen LogP) is 6.72. The average Bonchev–Trinajstić information content (AvgIpc) is 2.78. The minimum absolute atomic E-state index is 0.187. The van der Waals surface area contributed by atoms with Crippen molar-refractivity contribution in [3.05, 3.63) is 48.7 Å². The SMILES string of the molecule is CC(C1CCCCC1)[C@@H](NC(=O)OC(C)(C)C)C(=S)Nc1ccc(Oc2ccccc2)nc1. The first kappa shape index (κ1) is 25.0. The molecule has 1 fully saturated rings. The van der Waals surface area contributed by atoms with Gasteiger partial charge in [-0.1, -0.05) is 69.4 Å². The number of nitrogens with one attached hydrogen (secondary N) is 2. The van der Waals surface area contributed by atoms with Crippen LogP contribution in [0.2, 0.25) is 0 Å². The Morgan fingerprint density at radius 1 is 1.09 bits per heavy atom. The highest BCUT2D eigenvalue weighted by Crippen LogP contribution is 2.32. The van der Waals surface area contributed by atoms with E-state index >= 15 is 0 Å². The molecule has 2 aromatic rings. The Bertz CT molecular complexity index is 907. The standard InChI is InChI=1S/C26H35N3O3S/c1-18(19-11-7-5-8-12-19)23(29-25(30)32-26(2,3)4)24(33)28-20-15-16-22(27-17-20)31-21-13-9-6-10-14-21/h6,9-10,13-19,23H,5,7-8,11-12H2,1-4H3,(H,28,33)(H,29,30)/t18?,23-/m1/s1. The lowest BCUT2D eigenvalue weighted by Gasteiger charge is -2.34.